The first kappa shape index (κ1) is 27.7. The number of halogens is 4. The molecule has 4 rings (SSSR count). The number of nitrogens with one attached hydrogen (secondary N) is 1. The molecule has 0 spiro atoms. The molecule has 1 aromatic carbocycles. The van der Waals surface area contributed by atoms with Crippen molar-refractivity contribution in [2.75, 3.05) is 19.6 Å². The van der Waals surface area contributed by atoms with Crippen LogP contribution in [0.25, 0.3) is 11.4 Å². The van der Waals surface area contributed by atoms with Gasteiger partial charge in [-0.2, -0.15) is 13.2 Å². The number of carbonyl (C=O) groups is 2. The fourth-order valence-electron chi connectivity index (χ4n) is 4.96. The average Bonchev–Trinajstić information content (AvgIpc) is 2.84. The minimum Gasteiger partial charge on any atom is -0.465 e. The maximum atomic E-state index is 13.9. The van der Waals surface area contributed by atoms with Gasteiger partial charge in [-0.25, -0.2) is 19.2 Å². The first-order valence-corrected chi connectivity index (χ1v) is 12.3. The summed E-state index contributed by atoms with van der Waals surface area (Å²) < 4.78 is 54.9. The Morgan fingerprint density at radius 2 is 1.92 bits per heavy atom. The van der Waals surface area contributed by atoms with Crippen LogP contribution in [0.2, 0.25) is 0 Å². The molecule has 0 aliphatic carbocycles. The van der Waals surface area contributed by atoms with Gasteiger partial charge in [0.25, 0.3) is 0 Å². The number of hydrogen-bond acceptors (Lipinski definition) is 6. The molecule has 3 N–H and O–H groups in total. The Balaban J connectivity index is 1.54. The van der Waals surface area contributed by atoms with Gasteiger partial charge in [0.2, 0.25) is 5.91 Å². The van der Waals surface area contributed by atoms with Crippen LogP contribution >= 0.6 is 0 Å². The van der Waals surface area contributed by atoms with Gasteiger partial charge in [-0.05, 0) is 43.0 Å². The van der Waals surface area contributed by atoms with Gasteiger partial charge in [0.05, 0.1) is 11.7 Å². The highest BCUT2D eigenvalue weighted by molar-refractivity contribution is 5.77. The first-order chi connectivity index (χ1) is 17.9. The Morgan fingerprint density at radius 1 is 1.21 bits per heavy atom. The standard InChI is InChI=1S/C25H29F4N5O4/c1-14-2-7-20(35)34(11-14)12-17(30-24(37)38)10-21(36)33-9-8-18-19(13-33)31-23(32-22(18)25(27,28)29)15-3-5-16(26)6-4-15/h3-6,14,17,21,30,36H,2,7-13H2,1H3,(H,37,38)/t14-,17+,21?/m1/s1. The van der Waals surface area contributed by atoms with Gasteiger partial charge in [0.1, 0.15) is 12.0 Å². The molecule has 1 saturated heterocycles. The summed E-state index contributed by atoms with van der Waals surface area (Å²) in [6, 6.07) is 3.99. The number of aliphatic hydroxyl groups excluding tert-OH is 1. The molecule has 2 amide bonds. The number of carbonyl (C=O) groups excluding carboxylic acids is 1. The van der Waals surface area contributed by atoms with Crippen LogP contribution in [-0.2, 0) is 23.9 Å². The highest BCUT2D eigenvalue weighted by Crippen LogP contribution is 2.35. The normalized spacial score (nSPS) is 20.1. The largest absolute Gasteiger partial charge is 0.465 e. The third-order valence-electron chi connectivity index (χ3n) is 6.89. The zero-order valence-electron chi connectivity index (χ0n) is 20.7. The maximum Gasteiger partial charge on any atom is 0.433 e. The summed E-state index contributed by atoms with van der Waals surface area (Å²) in [7, 11) is 0. The molecule has 1 aromatic heterocycles. The highest BCUT2D eigenvalue weighted by atomic mass is 19.4. The third-order valence-corrected chi connectivity index (χ3v) is 6.89. The number of aliphatic hydroxyl groups is 1. The summed E-state index contributed by atoms with van der Waals surface area (Å²) in [6.07, 6.45) is -6.30. The fraction of sp³-hybridized carbons (Fsp3) is 0.520. The maximum absolute atomic E-state index is 13.9. The number of fused-ring (bicyclic) bond motifs is 1. The predicted octanol–water partition coefficient (Wildman–Crippen LogP) is 3.26. The van der Waals surface area contributed by atoms with Gasteiger partial charge in [0.15, 0.2) is 11.5 Å². The second-order valence-electron chi connectivity index (χ2n) is 9.85. The molecule has 13 heteroatoms. The lowest BCUT2D eigenvalue weighted by Gasteiger charge is -2.37. The number of carboxylic acid groups (broad SMARTS) is 1. The summed E-state index contributed by atoms with van der Waals surface area (Å²) in [5.74, 6) is -0.594. The summed E-state index contributed by atoms with van der Waals surface area (Å²) in [4.78, 5) is 34.8. The van der Waals surface area contributed by atoms with E-state index in [0.29, 0.717) is 13.0 Å². The van der Waals surface area contributed by atoms with E-state index in [1.54, 1.807) is 4.90 Å². The Kier molecular flexibility index (Phi) is 8.16. The Hall–Kier alpha value is -3.32. The Labute approximate surface area is 216 Å². The van der Waals surface area contributed by atoms with Crippen LogP contribution in [0.3, 0.4) is 0 Å². The second-order valence-corrected chi connectivity index (χ2v) is 9.85. The second kappa shape index (κ2) is 11.2. The molecular weight excluding hydrogens is 510 g/mol. The summed E-state index contributed by atoms with van der Waals surface area (Å²) in [5, 5.41) is 22.6. The minimum atomic E-state index is -4.74. The van der Waals surface area contributed by atoms with Crippen LogP contribution in [0, 0.1) is 11.7 Å². The molecule has 3 heterocycles. The van der Waals surface area contributed by atoms with E-state index >= 15 is 0 Å². The van der Waals surface area contributed by atoms with Crippen LogP contribution in [0.1, 0.15) is 43.1 Å². The fourth-order valence-corrected chi connectivity index (χ4v) is 4.96. The van der Waals surface area contributed by atoms with Gasteiger partial charge >= 0.3 is 12.3 Å². The quantitative estimate of drug-likeness (QED) is 0.462. The zero-order valence-corrected chi connectivity index (χ0v) is 20.7. The lowest BCUT2D eigenvalue weighted by Crippen LogP contribution is -2.51. The molecule has 2 aromatic rings. The molecule has 0 bridgehead atoms. The van der Waals surface area contributed by atoms with Crippen molar-refractivity contribution in [1.29, 1.82) is 0 Å². The van der Waals surface area contributed by atoms with E-state index in [1.807, 2.05) is 6.92 Å². The lowest BCUT2D eigenvalue weighted by atomic mass is 9.98. The van der Waals surface area contributed by atoms with Crippen molar-refractivity contribution in [2.45, 2.75) is 57.6 Å². The molecule has 1 fully saturated rings. The monoisotopic (exact) mass is 539 g/mol. The SMILES string of the molecule is C[C@@H]1CCC(=O)N(C[C@H](CC(O)N2CCc3c(nc(-c4ccc(F)cc4)nc3C(F)(F)F)C2)NC(=O)O)C1. The van der Waals surface area contributed by atoms with Crippen molar-refractivity contribution in [3.8, 4) is 11.4 Å². The number of likely N-dealkylation sites (tertiary alicyclic amines) is 1. The minimum absolute atomic E-state index is 0.0654. The Morgan fingerprint density at radius 3 is 2.58 bits per heavy atom. The van der Waals surface area contributed by atoms with Crippen LogP contribution in [0.5, 0.6) is 0 Å². The smallest absolute Gasteiger partial charge is 0.433 e. The van der Waals surface area contributed by atoms with Crippen molar-refractivity contribution in [3.63, 3.8) is 0 Å². The van der Waals surface area contributed by atoms with E-state index in [9.17, 15) is 37.4 Å². The van der Waals surface area contributed by atoms with Crippen LogP contribution in [0.4, 0.5) is 22.4 Å². The topological polar surface area (TPSA) is 119 Å². The molecule has 3 atom stereocenters. The summed E-state index contributed by atoms with van der Waals surface area (Å²) >= 11 is 0. The van der Waals surface area contributed by atoms with Crippen molar-refractivity contribution in [2.24, 2.45) is 5.92 Å². The third kappa shape index (κ3) is 6.57. The molecule has 2 aliphatic heterocycles. The van der Waals surface area contributed by atoms with Gasteiger partial charge in [-0.1, -0.05) is 6.92 Å². The number of hydrogen-bond donors (Lipinski definition) is 3. The van der Waals surface area contributed by atoms with Gasteiger partial charge in [-0.15, -0.1) is 0 Å². The van der Waals surface area contributed by atoms with E-state index in [4.69, 9.17) is 0 Å². The molecule has 9 nitrogen and oxygen atoms in total. The number of aromatic nitrogens is 2. The molecule has 0 radical (unpaired) electrons. The average molecular weight is 540 g/mol. The predicted molar refractivity (Wildman–Crippen MR) is 127 cm³/mol. The van der Waals surface area contributed by atoms with Crippen LogP contribution < -0.4 is 5.32 Å². The van der Waals surface area contributed by atoms with Crippen molar-refractivity contribution in [3.05, 3.63) is 47.0 Å². The molecule has 1 unspecified atom stereocenters. The van der Waals surface area contributed by atoms with E-state index in [2.05, 4.69) is 15.3 Å². The Bertz CT molecular complexity index is 1180. The first-order valence-electron chi connectivity index (χ1n) is 12.3. The van der Waals surface area contributed by atoms with Crippen molar-refractivity contribution in [1.82, 2.24) is 25.1 Å². The number of piperidine rings is 1. The summed E-state index contributed by atoms with van der Waals surface area (Å²) in [6.45, 7) is 2.49. The number of amides is 2. The lowest BCUT2D eigenvalue weighted by molar-refractivity contribution is -0.142. The van der Waals surface area contributed by atoms with E-state index < -0.39 is 36.1 Å². The molecule has 0 saturated carbocycles. The number of nitrogens with zero attached hydrogens (tertiary/aromatic N) is 4. The van der Waals surface area contributed by atoms with Gasteiger partial charge < -0.3 is 20.4 Å². The summed E-state index contributed by atoms with van der Waals surface area (Å²) in [5.41, 5.74) is -0.845. The van der Waals surface area contributed by atoms with Crippen LogP contribution in [0.15, 0.2) is 24.3 Å². The molecule has 206 valence electrons. The molecule has 2 aliphatic rings. The highest BCUT2D eigenvalue weighted by Gasteiger charge is 2.39. The van der Waals surface area contributed by atoms with Gasteiger partial charge in [0, 0.05) is 50.1 Å². The van der Waals surface area contributed by atoms with Gasteiger partial charge in [-0.3, -0.25) is 9.69 Å². The number of rotatable bonds is 7. The molecular formula is C25H29F4N5O4. The molecule has 38 heavy (non-hydrogen) atoms. The zero-order chi connectivity index (χ0) is 27.6. The van der Waals surface area contributed by atoms with E-state index in [1.165, 1.54) is 17.0 Å². The van der Waals surface area contributed by atoms with Crippen LogP contribution in [-0.4, -0.2) is 73.9 Å². The van der Waals surface area contributed by atoms with Crippen molar-refractivity contribution < 1.29 is 37.4 Å². The number of alkyl halides is 3. The van der Waals surface area contributed by atoms with E-state index in [-0.39, 0.29) is 66.9 Å². The number of benzene rings is 1. The van der Waals surface area contributed by atoms with E-state index in [0.717, 1.165) is 18.6 Å². The van der Waals surface area contributed by atoms with Crippen molar-refractivity contribution >= 4 is 12.0 Å².